The lowest BCUT2D eigenvalue weighted by atomic mass is 10.1. The molecule has 0 unspecified atom stereocenters. The molecule has 0 spiro atoms. The molecule has 2 heterocycles. The number of fused-ring (bicyclic) bond motifs is 1. The van der Waals surface area contributed by atoms with Crippen LogP contribution in [0.3, 0.4) is 0 Å². The number of carbonyl (C=O) groups excluding carboxylic acids is 3. The first kappa shape index (κ1) is 18.5. The molecule has 2 amide bonds. The number of rotatable bonds is 2. The van der Waals surface area contributed by atoms with Crippen molar-refractivity contribution in [2.24, 2.45) is 0 Å². The molecule has 7 nitrogen and oxygen atoms in total. The molecule has 2 rings (SSSR count). The largest absolute Gasteiger partial charge is 0.458 e. The van der Waals surface area contributed by atoms with Crippen molar-refractivity contribution in [3.05, 3.63) is 0 Å². The van der Waals surface area contributed by atoms with Gasteiger partial charge in [-0.05, 0) is 54.4 Å². The number of hydrogen-bond donors (Lipinski definition) is 1. The van der Waals surface area contributed by atoms with Gasteiger partial charge >= 0.3 is 12.1 Å². The van der Waals surface area contributed by atoms with Gasteiger partial charge in [0.2, 0.25) is 5.91 Å². The van der Waals surface area contributed by atoms with Crippen LogP contribution in [0.1, 0.15) is 60.8 Å². The molecule has 0 aliphatic carbocycles. The molecule has 2 fully saturated rings. The van der Waals surface area contributed by atoms with E-state index in [-0.39, 0.29) is 30.4 Å². The molecule has 24 heavy (non-hydrogen) atoms. The first-order valence-electron chi connectivity index (χ1n) is 8.41. The number of nitrogens with zero attached hydrogens (tertiary/aromatic N) is 1. The summed E-state index contributed by atoms with van der Waals surface area (Å²) in [5, 5.41) is 2.77. The third-order valence-corrected chi connectivity index (χ3v) is 3.96. The smallest absolute Gasteiger partial charge is 0.407 e. The third-order valence-electron chi connectivity index (χ3n) is 3.96. The zero-order valence-corrected chi connectivity index (χ0v) is 15.3. The minimum absolute atomic E-state index is 0.130. The number of carbonyl (C=O) groups is 3. The van der Waals surface area contributed by atoms with Crippen molar-refractivity contribution in [1.82, 2.24) is 10.2 Å². The summed E-state index contributed by atoms with van der Waals surface area (Å²) >= 11 is 0. The summed E-state index contributed by atoms with van der Waals surface area (Å²) < 4.78 is 10.7. The molecular formula is C17H28N2O5. The molecule has 0 bridgehead atoms. The topological polar surface area (TPSA) is 84.9 Å². The van der Waals surface area contributed by atoms with Gasteiger partial charge < -0.3 is 19.7 Å². The van der Waals surface area contributed by atoms with Crippen LogP contribution >= 0.6 is 0 Å². The Balaban J connectivity index is 2.01. The van der Waals surface area contributed by atoms with Crippen molar-refractivity contribution in [3.63, 3.8) is 0 Å². The fraction of sp³-hybridized carbons (Fsp3) is 0.824. The van der Waals surface area contributed by atoms with Crippen molar-refractivity contribution < 1.29 is 23.9 Å². The van der Waals surface area contributed by atoms with E-state index in [1.54, 1.807) is 46.4 Å². The Hall–Kier alpha value is -1.79. The minimum atomic E-state index is -0.596. The Morgan fingerprint density at radius 1 is 1.04 bits per heavy atom. The Morgan fingerprint density at radius 3 is 2.17 bits per heavy atom. The standard InChI is InChI=1S/C17H28N2O5/c1-16(2,3)23-14(21)12-8-7-11-10(9-13(20)19(11)12)18-15(22)24-17(4,5)6/h10-12H,7-9H2,1-6H3,(H,18,22)/t10-,11-,12-/m0/s1. The highest BCUT2D eigenvalue weighted by molar-refractivity contribution is 5.88. The van der Waals surface area contributed by atoms with Gasteiger partial charge in [-0.2, -0.15) is 0 Å². The van der Waals surface area contributed by atoms with Gasteiger partial charge in [0.05, 0.1) is 12.1 Å². The van der Waals surface area contributed by atoms with Gasteiger partial charge in [0, 0.05) is 6.42 Å². The zero-order valence-electron chi connectivity index (χ0n) is 15.3. The van der Waals surface area contributed by atoms with Gasteiger partial charge in [0.15, 0.2) is 0 Å². The third kappa shape index (κ3) is 4.39. The van der Waals surface area contributed by atoms with Gasteiger partial charge in [0.25, 0.3) is 0 Å². The second-order valence-electron chi connectivity index (χ2n) is 8.45. The first-order valence-corrected chi connectivity index (χ1v) is 8.41. The Morgan fingerprint density at radius 2 is 1.62 bits per heavy atom. The van der Waals surface area contributed by atoms with E-state index in [9.17, 15) is 14.4 Å². The van der Waals surface area contributed by atoms with Crippen LogP contribution in [0.2, 0.25) is 0 Å². The fourth-order valence-corrected chi connectivity index (χ4v) is 3.23. The summed E-state index contributed by atoms with van der Waals surface area (Å²) in [5.41, 5.74) is -1.19. The number of nitrogens with one attached hydrogen (secondary N) is 1. The van der Waals surface area contributed by atoms with Gasteiger partial charge in [-0.15, -0.1) is 0 Å². The number of ether oxygens (including phenoxy) is 2. The second kappa shape index (κ2) is 6.26. The normalized spacial score (nSPS) is 27.0. The van der Waals surface area contributed by atoms with Crippen LogP contribution < -0.4 is 5.32 Å². The van der Waals surface area contributed by atoms with Gasteiger partial charge in [0.1, 0.15) is 17.2 Å². The van der Waals surface area contributed by atoms with Gasteiger partial charge in [-0.25, -0.2) is 9.59 Å². The Labute approximate surface area is 143 Å². The summed E-state index contributed by atoms with van der Waals surface area (Å²) in [7, 11) is 0. The van der Waals surface area contributed by atoms with E-state index < -0.39 is 23.3 Å². The predicted molar refractivity (Wildman–Crippen MR) is 87.3 cm³/mol. The van der Waals surface area contributed by atoms with E-state index in [1.165, 1.54) is 0 Å². The van der Waals surface area contributed by atoms with Crippen molar-refractivity contribution in [2.45, 2.75) is 90.1 Å². The monoisotopic (exact) mass is 340 g/mol. The van der Waals surface area contributed by atoms with Crippen LogP contribution in [0.25, 0.3) is 0 Å². The van der Waals surface area contributed by atoms with Crippen LogP contribution in [0.15, 0.2) is 0 Å². The lowest BCUT2D eigenvalue weighted by Gasteiger charge is -2.28. The maximum atomic E-state index is 12.3. The van der Waals surface area contributed by atoms with Gasteiger partial charge in [-0.3, -0.25) is 4.79 Å². The summed E-state index contributed by atoms with van der Waals surface area (Å²) in [6.07, 6.45) is 0.861. The highest BCUT2D eigenvalue weighted by Crippen LogP contribution is 2.35. The first-order chi connectivity index (χ1) is 10.9. The maximum Gasteiger partial charge on any atom is 0.407 e. The molecule has 2 saturated heterocycles. The zero-order chi connectivity index (χ0) is 18.3. The van der Waals surface area contributed by atoms with E-state index in [0.717, 1.165) is 0 Å². The van der Waals surface area contributed by atoms with Crippen LogP contribution in [0.4, 0.5) is 4.79 Å². The molecule has 7 heteroatoms. The molecule has 136 valence electrons. The van der Waals surface area contributed by atoms with E-state index in [2.05, 4.69) is 5.32 Å². The number of amides is 2. The van der Waals surface area contributed by atoms with Crippen molar-refractivity contribution in [1.29, 1.82) is 0 Å². The molecule has 3 atom stereocenters. The fourth-order valence-electron chi connectivity index (χ4n) is 3.23. The average Bonchev–Trinajstić information content (AvgIpc) is 2.87. The molecule has 2 aliphatic rings. The molecule has 0 aromatic carbocycles. The molecule has 0 aromatic heterocycles. The summed E-state index contributed by atoms with van der Waals surface area (Å²) in [5.74, 6) is -0.509. The van der Waals surface area contributed by atoms with Crippen molar-refractivity contribution in [3.8, 4) is 0 Å². The van der Waals surface area contributed by atoms with E-state index >= 15 is 0 Å². The molecule has 1 N–H and O–H groups in total. The molecule has 0 saturated carbocycles. The van der Waals surface area contributed by atoms with Gasteiger partial charge in [-0.1, -0.05) is 0 Å². The van der Waals surface area contributed by atoms with E-state index in [0.29, 0.717) is 12.8 Å². The quantitative estimate of drug-likeness (QED) is 0.777. The molecule has 2 aliphatic heterocycles. The Kier molecular flexibility index (Phi) is 4.84. The minimum Gasteiger partial charge on any atom is -0.458 e. The molecule has 0 aromatic rings. The number of alkyl carbamates (subject to hydrolysis) is 1. The Bertz CT molecular complexity index is 532. The average molecular weight is 340 g/mol. The van der Waals surface area contributed by atoms with Crippen LogP contribution in [0, 0.1) is 0 Å². The van der Waals surface area contributed by atoms with Crippen LogP contribution in [-0.2, 0) is 19.1 Å². The highest BCUT2D eigenvalue weighted by atomic mass is 16.6. The maximum absolute atomic E-state index is 12.3. The van der Waals surface area contributed by atoms with Crippen molar-refractivity contribution >= 4 is 18.0 Å². The SMILES string of the molecule is CC(C)(C)OC(=O)N[C@H]1CC(=O)N2[C@H](C(=O)OC(C)(C)C)CC[C@@H]12. The summed E-state index contributed by atoms with van der Waals surface area (Å²) in [6, 6.07) is -1.07. The highest BCUT2D eigenvalue weighted by Gasteiger charge is 2.51. The van der Waals surface area contributed by atoms with Crippen LogP contribution in [-0.4, -0.2) is 52.2 Å². The lowest BCUT2D eigenvalue weighted by Crippen LogP contribution is -2.47. The predicted octanol–water partition coefficient (Wildman–Crippen LogP) is 1.98. The van der Waals surface area contributed by atoms with E-state index in [1.807, 2.05) is 0 Å². The summed E-state index contributed by atoms with van der Waals surface area (Å²) in [4.78, 5) is 38.2. The lowest BCUT2D eigenvalue weighted by molar-refractivity contribution is -0.163. The van der Waals surface area contributed by atoms with Crippen molar-refractivity contribution in [2.75, 3.05) is 0 Å². The number of esters is 1. The molecule has 0 radical (unpaired) electrons. The second-order valence-corrected chi connectivity index (χ2v) is 8.45. The summed E-state index contributed by atoms with van der Waals surface area (Å²) in [6.45, 7) is 10.8. The molecular weight excluding hydrogens is 312 g/mol. The number of hydrogen-bond acceptors (Lipinski definition) is 5. The van der Waals surface area contributed by atoms with Crippen LogP contribution in [0.5, 0.6) is 0 Å². The van der Waals surface area contributed by atoms with E-state index in [4.69, 9.17) is 9.47 Å².